The van der Waals surface area contributed by atoms with Crippen LogP contribution in [-0.4, -0.2) is 23.1 Å². The van der Waals surface area contributed by atoms with Crippen molar-refractivity contribution in [3.05, 3.63) is 94.7 Å². The highest BCUT2D eigenvalue weighted by Gasteiger charge is 2.33. The molecule has 0 bridgehead atoms. The largest absolute Gasteiger partial charge is 0.493 e. The monoisotopic (exact) mass is 466 g/mol. The van der Waals surface area contributed by atoms with E-state index in [1.54, 1.807) is 18.4 Å². The van der Waals surface area contributed by atoms with Gasteiger partial charge in [0.1, 0.15) is 6.61 Å². The van der Waals surface area contributed by atoms with Crippen molar-refractivity contribution in [2.45, 2.75) is 58.3 Å². The molecule has 0 radical (unpaired) electrons. The van der Waals surface area contributed by atoms with Crippen LogP contribution >= 0.6 is 0 Å². The van der Waals surface area contributed by atoms with E-state index in [0.717, 1.165) is 36.7 Å². The highest BCUT2D eigenvalue weighted by molar-refractivity contribution is 5.87. The zero-order chi connectivity index (χ0) is 23.8. The first-order chi connectivity index (χ1) is 17.2. The van der Waals surface area contributed by atoms with Crippen LogP contribution in [-0.2, 0) is 26.1 Å². The number of aryl methyl sites for hydroxylation is 3. The van der Waals surface area contributed by atoms with Crippen LogP contribution in [0.1, 0.15) is 53.3 Å². The summed E-state index contributed by atoms with van der Waals surface area (Å²) < 4.78 is 14.5. The maximum atomic E-state index is 6.21. The number of nitrogens with zero attached hydrogens (tertiary/aromatic N) is 2. The molecule has 4 nitrogen and oxygen atoms in total. The fourth-order valence-corrected chi connectivity index (χ4v) is 6.09. The van der Waals surface area contributed by atoms with Crippen LogP contribution < -0.4 is 9.47 Å². The third-order valence-corrected chi connectivity index (χ3v) is 7.71. The van der Waals surface area contributed by atoms with Crippen LogP contribution in [0.2, 0.25) is 0 Å². The van der Waals surface area contributed by atoms with E-state index in [4.69, 9.17) is 9.47 Å². The molecule has 0 saturated carbocycles. The summed E-state index contributed by atoms with van der Waals surface area (Å²) in [5.41, 5.74) is 8.38. The SMILES string of the molecule is COc1ccc(CN2CCCn3c4c(c5cc(C)ccc53)CCC[C@H]42)cc1OCc1ccccc1. The standard InChI is InChI=1S/C31H34N2O2/c1-22-12-14-27-26(18-22)25-10-6-11-28-31(25)33(27)17-7-16-32(28)20-24-13-15-29(34-2)30(19-24)35-21-23-8-4-3-5-9-23/h3-5,8-9,12-15,18-19,28H,6-7,10-11,16-17,20-21H2,1-2H3/t28-/m1/s1. The van der Waals surface area contributed by atoms with Crippen molar-refractivity contribution >= 4 is 10.9 Å². The van der Waals surface area contributed by atoms with Crippen molar-refractivity contribution in [2.75, 3.05) is 13.7 Å². The average Bonchev–Trinajstić information content (AvgIpc) is 3.08. The zero-order valence-corrected chi connectivity index (χ0v) is 20.8. The van der Waals surface area contributed by atoms with Crippen LogP contribution in [0.3, 0.4) is 0 Å². The number of methoxy groups -OCH3 is 1. The molecule has 0 amide bonds. The van der Waals surface area contributed by atoms with E-state index in [1.807, 2.05) is 18.2 Å². The molecule has 4 aromatic rings. The summed E-state index contributed by atoms with van der Waals surface area (Å²) in [6.45, 7) is 5.90. The molecule has 0 spiro atoms. The fraction of sp³-hybridized carbons (Fsp3) is 0.355. The van der Waals surface area contributed by atoms with E-state index in [2.05, 4.69) is 64.9 Å². The van der Waals surface area contributed by atoms with Gasteiger partial charge < -0.3 is 14.0 Å². The van der Waals surface area contributed by atoms with Gasteiger partial charge in [-0.1, -0.05) is 48.0 Å². The minimum absolute atomic E-state index is 0.477. The third-order valence-electron chi connectivity index (χ3n) is 7.71. The maximum absolute atomic E-state index is 6.21. The van der Waals surface area contributed by atoms with Crippen molar-refractivity contribution < 1.29 is 9.47 Å². The van der Waals surface area contributed by atoms with Gasteiger partial charge in [0.25, 0.3) is 0 Å². The minimum atomic E-state index is 0.477. The van der Waals surface area contributed by atoms with Crippen LogP contribution in [0.4, 0.5) is 0 Å². The number of hydrogen-bond donors (Lipinski definition) is 0. The quantitative estimate of drug-likeness (QED) is 0.312. The van der Waals surface area contributed by atoms with E-state index in [-0.39, 0.29) is 0 Å². The van der Waals surface area contributed by atoms with E-state index < -0.39 is 0 Å². The predicted octanol–water partition coefficient (Wildman–Crippen LogP) is 6.82. The van der Waals surface area contributed by atoms with Gasteiger partial charge in [-0.2, -0.15) is 0 Å². The van der Waals surface area contributed by atoms with Crippen molar-refractivity contribution in [1.29, 1.82) is 0 Å². The molecule has 3 aromatic carbocycles. The number of hydrogen-bond acceptors (Lipinski definition) is 3. The van der Waals surface area contributed by atoms with Crippen LogP contribution in [0, 0.1) is 6.92 Å². The minimum Gasteiger partial charge on any atom is -0.493 e. The first-order valence-electron chi connectivity index (χ1n) is 12.9. The highest BCUT2D eigenvalue weighted by Crippen LogP contribution is 2.43. The average molecular weight is 467 g/mol. The summed E-state index contributed by atoms with van der Waals surface area (Å²) in [5, 5.41) is 1.48. The number of rotatable bonds is 6. The summed E-state index contributed by atoms with van der Waals surface area (Å²) in [5.74, 6) is 1.61. The molecule has 4 heteroatoms. The maximum Gasteiger partial charge on any atom is 0.161 e. The van der Waals surface area contributed by atoms with Crippen LogP contribution in [0.5, 0.6) is 11.5 Å². The number of fused-ring (bicyclic) bond motifs is 3. The van der Waals surface area contributed by atoms with Gasteiger partial charge in [-0.15, -0.1) is 0 Å². The van der Waals surface area contributed by atoms with E-state index in [9.17, 15) is 0 Å². The Morgan fingerprint density at radius 2 is 1.77 bits per heavy atom. The summed E-state index contributed by atoms with van der Waals surface area (Å²) in [7, 11) is 1.71. The molecule has 35 heavy (non-hydrogen) atoms. The highest BCUT2D eigenvalue weighted by atomic mass is 16.5. The molecule has 0 saturated heterocycles. The lowest BCUT2D eigenvalue weighted by Gasteiger charge is -2.34. The second kappa shape index (κ2) is 9.43. The third kappa shape index (κ3) is 4.21. The molecule has 1 aromatic heterocycles. The van der Waals surface area contributed by atoms with Crippen LogP contribution in [0.25, 0.3) is 10.9 Å². The number of benzene rings is 3. The van der Waals surface area contributed by atoms with Crippen LogP contribution in [0.15, 0.2) is 66.7 Å². The van der Waals surface area contributed by atoms with E-state index in [1.165, 1.54) is 47.7 Å². The smallest absolute Gasteiger partial charge is 0.161 e. The Morgan fingerprint density at radius 3 is 2.63 bits per heavy atom. The van der Waals surface area contributed by atoms with Crippen molar-refractivity contribution in [2.24, 2.45) is 0 Å². The van der Waals surface area contributed by atoms with E-state index in [0.29, 0.717) is 12.6 Å². The lowest BCUT2D eigenvalue weighted by Crippen LogP contribution is -2.31. The Bertz CT molecular complexity index is 1340. The second-order valence-corrected chi connectivity index (χ2v) is 10.0. The van der Waals surface area contributed by atoms with Gasteiger partial charge in [0, 0.05) is 36.2 Å². The van der Waals surface area contributed by atoms with Crippen molar-refractivity contribution in [3.63, 3.8) is 0 Å². The zero-order valence-electron chi connectivity index (χ0n) is 20.8. The molecule has 180 valence electrons. The summed E-state index contributed by atoms with van der Waals surface area (Å²) in [6.07, 6.45) is 4.87. The van der Waals surface area contributed by atoms with E-state index >= 15 is 0 Å². The Hall–Kier alpha value is -3.24. The molecule has 1 aliphatic heterocycles. The predicted molar refractivity (Wildman–Crippen MR) is 141 cm³/mol. The molecule has 1 atom stereocenters. The molecular weight excluding hydrogens is 432 g/mol. The first kappa shape index (κ1) is 22.2. The van der Waals surface area contributed by atoms with Gasteiger partial charge in [-0.05, 0) is 73.6 Å². The number of aromatic nitrogens is 1. The molecule has 2 heterocycles. The fourth-order valence-electron chi connectivity index (χ4n) is 6.09. The molecule has 1 aliphatic carbocycles. The molecule has 0 N–H and O–H groups in total. The Labute approximate surface area is 208 Å². The molecule has 6 rings (SSSR count). The van der Waals surface area contributed by atoms with Crippen molar-refractivity contribution in [1.82, 2.24) is 9.47 Å². The Balaban J connectivity index is 1.29. The topological polar surface area (TPSA) is 26.6 Å². The second-order valence-electron chi connectivity index (χ2n) is 10.0. The summed E-state index contributed by atoms with van der Waals surface area (Å²) >= 11 is 0. The van der Waals surface area contributed by atoms with Gasteiger partial charge in [-0.3, -0.25) is 4.90 Å². The number of ether oxygens (including phenoxy) is 2. The molecule has 0 fully saturated rings. The Kier molecular flexibility index (Phi) is 5.99. The van der Waals surface area contributed by atoms with Gasteiger partial charge in [0.15, 0.2) is 11.5 Å². The molecular formula is C31H34N2O2. The lowest BCUT2D eigenvalue weighted by molar-refractivity contribution is 0.173. The van der Waals surface area contributed by atoms with Gasteiger partial charge >= 0.3 is 0 Å². The van der Waals surface area contributed by atoms with Gasteiger partial charge in [0.2, 0.25) is 0 Å². The first-order valence-corrected chi connectivity index (χ1v) is 12.9. The molecule has 2 aliphatic rings. The summed E-state index contributed by atoms with van der Waals surface area (Å²) in [6, 6.07) is 24.2. The normalized spacial score (nSPS) is 17.7. The molecule has 0 unspecified atom stereocenters. The van der Waals surface area contributed by atoms with Gasteiger partial charge in [0.05, 0.1) is 13.2 Å². The Morgan fingerprint density at radius 1 is 0.886 bits per heavy atom. The van der Waals surface area contributed by atoms with Gasteiger partial charge in [-0.25, -0.2) is 0 Å². The summed E-state index contributed by atoms with van der Waals surface area (Å²) in [4.78, 5) is 2.70. The van der Waals surface area contributed by atoms with Crippen molar-refractivity contribution in [3.8, 4) is 11.5 Å². The lowest BCUT2D eigenvalue weighted by atomic mass is 9.90.